The molecule has 1 aliphatic heterocycles. The summed E-state index contributed by atoms with van der Waals surface area (Å²) in [4.78, 5) is 0. The fourth-order valence-electron chi connectivity index (χ4n) is 4.10. The zero-order valence-corrected chi connectivity index (χ0v) is 15.0. The second kappa shape index (κ2) is 7.39. The molecule has 2 aromatic carbocycles. The summed E-state index contributed by atoms with van der Waals surface area (Å²) in [6.45, 7) is 0.891. The number of halogens is 3. The van der Waals surface area contributed by atoms with Gasteiger partial charge in [0.25, 0.3) is 0 Å². The van der Waals surface area contributed by atoms with Crippen molar-refractivity contribution in [3.63, 3.8) is 0 Å². The molecule has 27 heavy (non-hydrogen) atoms. The van der Waals surface area contributed by atoms with Gasteiger partial charge in [0.1, 0.15) is 0 Å². The zero-order valence-electron chi connectivity index (χ0n) is 15.0. The number of fused-ring (bicyclic) bond motifs is 1. The Labute approximate surface area is 157 Å². The molecule has 1 aliphatic carbocycles. The lowest BCUT2D eigenvalue weighted by molar-refractivity contribution is -0.137. The predicted octanol–water partition coefficient (Wildman–Crippen LogP) is 4.64. The quantitative estimate of drug-likeness (QED) is 0.820. The first-order chi connectivity index (χ1) is 13.0. The van der Waals surface area contributed by atoms with Gasteiger partial charge in [0.2, 0.25) is 0 Å². The van der Waals surface area contributed by atoms with E-state index in [4.69, 9.17) is 0 Å². The molecule has 1 fully saturated rings. The molecule has 2 aromatic rings. The monoisotopic (exact) mass is 372 g/mol. The van der Waals surface area contributed by atoms with Crippen molar-refractivity contribution in [2.75, 3.05) is 6.54 Å². The summed E-state index contributed by atoms with van der Waals surface area (Å²) in [7, 11) is 0. The van der Waals surface area contributed by atoms with E-state index in [1.807, 2.05) is 6.07 Å². The Bertz CT molecular complexity index is 797. The molecule has 3 atom stereocenters. The Morgan fingerprint density at radius 3 is 2.41 bits per heavy atom. The van der Waals surface area contributed by atoms with Crippen molar-refractivity contribution < 1.29 is 13.2 Å². The first-order valence-corrected chi connectivity index (χ1v) is 9.40. The summed E-state index contributed by atoms with van der Waals surface area (Å²) in [6, 6.07) is 16.6. The SMILES string of the molecule is FC(F)(F)c1ccc(C2CC=C3NCC(Cc4ccccc4)NC3C2)cc1. The van der Waals surface area contributed by atoms with Gasteiger partial charge < -0.3 is 10.6 Å². The van der Waals surface area contributed by atoms with E-state index in [1.54, 1.807) is 12.1 Å². The topological polar surface area (TPSA) is 24.1 Å². The molecule has 0 bridgehead atoms. The van der Waals surface area contributed by atoms with Crippen molar-refractivity contribution in [1.82, 2.24) is 10.6 Å². The van der Waals surface area contributed by atoms with E-state index in [1.165, 1.54) is 23.4 Å². The fraction of sp³-hybridized carbons (Fsp3) is 0.364. The maximum atomic E-state index is 12.8. The van der Waals surface area contributed by atoms with Gasteiger partial charge in [-0.15, -0.1) is 0 Å². The van der Waals surface area contributed by atoms with Gasteiger partial charge in [0.15, 0.2) is 0 Å². The van der Waals surface area contributed by atoms with Crippen LogP contribution in [0.3, 0.4) is 0 Å². The van der Waals surface area contributed by atoms with Gasteiger partial charge in [-0.05, 0) is 48.4 Å². The van der Waals surface area contributed by atoms with Crippen LogP contribution in [0.15, 0.2) is 66.4 Å². The van der Waals surface area contributed by atoms with E-state index < -0.39 is 11.7 Å². The first kappa shape index (κ1) is 18.1. The molecule has 0 spiro atoms. The van der Waals surface area contributed by atoms with Crippen molar-refractivity contribution in [3.05, 3.63) is 83.1 Å². The molecule has 1 saturated heterocycles. The first-order valence-electron chi connectivity index (χ1n) is 9.40. The lowest BCUT2D eigenvalue weighted by Gasteiger charge is -2.39. The van der Waals surface area contributed by atoms with Gasteiger partial charge in [0, 0.05) is 24.3 Å². The molecule has 1 heterocycles. The van der Waals surface area contributed by atoms with E-state index >= 15 is 0 Å². The second-order valence-electron chi connectivity index (χ2n) is 7.43. The molecule has 142 valence electrons. The number of allylic oxidation sites excluding steroid dienone is 1. The van der Waals surface area contributed by atoms with Crippen molar-refractivity contribution in [2.45, 2.75) is 43.4 Å². The van der Waals surface area contributed by atoms with Crippen LogP contribution in [0, 0.1) is 0 Å². The third kappa shape index (κ3) is 4.19. The molecule has 2 aliphatic rings. The summed E-state index contributed by atoms with van der Waals surface area (Å²) in [5.74, 6) is 0.241. The van der Waals surface area contributed by atoms with E-state index in [2.05, 4.69) is 41.0 Å². The van der Waals surface area contributed by atoms with E-state index in [0.717, 1.165) is 31.4 Å². The Morgan fingerprint density at radius 2 is 1.70 bits per heavy atom. The number of alkyl halides is 3. The highest BCUT2D eigenvalue weighted by molar-refractivity contribution is 5.31. The molecular formula is C22H23F3N2. The molecule has 4 rings (SSSR count). The van der Waals surface area contributed by atoms with Crippen LogP contribution in [0.2, 0.25) is 0 Å². The molecule has 0 radical (unpaired) electrons. The van der Waals surface area contributed by atoms with Crippen LogP contribution in [0.4, 0.5) is 13.2 Å². The lowest BCUT2D eigenvalue weighted by Crippen LogP contribution is -2.55. The summed E-state index contributed by atoms with van der Waals surface area (Å²) in [5, 5.41) is 7.27. The van der Waals surface area contributed by atoms with Crippen molar-refractivity contribution in [1.29, 1.82) is 0 Å². The Kier molecular flexibility index (Phi) is 4.96. The third-order valence-electron chi connectivity index (χ3n) is 5.54. The highest BCUT2D eigenvalue weighted by Crippen LogP contribution is 2.35. The Hall–Kier alpha value is -2.27. The molecule has 3 unspecified atom stereocenters. The van der Waals surface area contributed by atoms with E-state index in [-0.39, 0.29) is 12.0 Å². The standard InChI is InChI=1S/C22H23F3N2/c23-22(24,25)18-9-6-16(7-10-18)17-8-11-20-21(13-17)27-19(14-26-20)12-15-4-2-1-3-5-15/h1-7,9-11,17,19,21,26-27H,8,12-14H2. The maximum Gasteiger partial charge on any atom is 0.416 e. The number of rotatable bonds is 3. The smallest absolute Gasteiger partial charge is 0.386 e. The Balaban J connectivity index is 1.42. The second-order valence-corrected chi connectivity index (χ2v) is 7.43. The highest BCUT2D eigenvalue weighted by atomic mass is 19.4. The van der Waals surface area contributed by atoms with Gasteiger partial charge in [0.05, 0.1) is 5.56 Å². The number of hydrogen-bond acceptors (Lipinski definition) is 2. The van der Waals surface area contributed by atoms with E-state index in [9.17, 15) is 13.2 Å². The number of hydrogen-bond donors (Lipinski definition) is 2. The third-order valence-corrected chi connectivity index (χ3v) is 5.54. The molecule has 0 aromatic heterocycles. The minimum atomic E-state index is -4.28. The van der Waals surface area contributed by atoms with Crippen molar-refractivity contribution >= 4 is 0 Å². The molecule has 2 nitrogen and oxygen atoms in total. The van der Waals surface area contributed by atoms with Crippen LogP contribution in [-0.4, -0.2) is 18.6 Å². The predicted molar refractivity (Wildman–Crippen MR) is 100 cm³/mol. The van der Waals surface area contributed by atoms with Crippen LogP contribution in [0.25, 0.3) is 0 Å². The fourth-order valence-corrected chi connectivity index (χ4v) is 4.10. The van der Waals surface area contributed by atoms with Gasteiger partial charge >= 0.3 is 6.18 Å². The minimum Gasteiger partial charge on any atom is -0.386 e. The van der Waals surface area contributed by atoms with Gasteiger partial charge in [-0.2, -0.15) is 13.2 Å². The number of nitrogens with one attached hydrogen (secondary N) is 2. The van der Waals surface area contributed by atoms with Crippen LogP contribution < -0.4 is 10.6 Å². The molecular weight excluding hydrogens is 349 g/mol. The van der Waals surface area contributed by atoms with Crippen LogP contribution in [-0.2, 0) is 12.6 Å². The van der Waals surface area contributed by atoms with Crippen molar-refractivity contribution in [2.24, 2.45) is 0 Å². The molecule has 2 N–H and O–H groups in total. The molecule has 0 amide bonds. The summed E-state index contributed by atoms with van der Waals surface area (Å²) < 4.78 is 38.3. The summed E-state index contributed by atoms with van der Waals surface area (Å²) in [5.41, 5.74) is 2.92. The van der Waals surface area contributed by atoms with Gasteiger partial charge in [-0.25, -0.2) is 0 Å². The maximum absolute atomic E-state index is 12.8. The molecule has 0 saturated carbocycles. The van der Waals surface area contributed by atoms with Crippen LogP contribution in [0.1, 0.15) is 35.4 Å². The van der Waals surface area contributed by atoms with Gasteiger partial charge in [-0.1, -0.05) is 48.5 Å². The largest absolute Gasteiger partial charge is 0.416 e. The molecule has 5 heteroatoms. The average molecular weight is 372 g/mol. The highest BCUT2D eigenvalue weighted by Gasteiger charge is 2.32. The Morgan fingerprint density at radius 1 is 0.963 bits per heavy atom. The lowest BCUT2D eigenvalue weighted by atomic mass is 9.82. The van der Waals surface area contributed by atoms with Crippen LogP contribution in [0.5, 0.6) is 0 Å². The zero-order chi connectivity index (χ0) is 18.9. The minimum absolute atomic E-state index is 0.230. The van der Waals surface area contributed by atoms with Gasteiger partial charge in [-0.3, -0.25) is 0 Å². The number of benzene rings is 2. The average Bonchev–Trinajstić information content (AvgIpc) is 2.68. The van der Waals surface area contributed by atoms with E-state index in [0.29, 0.717) is 6.04 Å². The van der Waals surface area contributed by atoms with Crippen LogP contribution >= 0.6 is 0 Å². The number of piperazine rings is 1. The summed E-state index contributed by atoms with van der Waals surface area (Å²) >= 11 is 0. The van der Waals surface area contributed by atoms with Crippen molar-refractivity contribution in [3.8, 4) is 0 Å². The normalized spacial score (nSPS) is 25.3. The summed E-state index contributed by atoms with van der Waals surface area (Å²) in [6.07, 6.45) is 0.632.